The van der Waals surface area contributed by atoms with Crippen molar-refractivity contribution in [1.29, 1.82) is 0 Å². The van der Waals surface area contributed by atoms with Crippen LogP contribution in [0.1, 0.15) is 47.2 Å². The Balaban J connectivity index is 1.45. The van der Waals surface area contributed by atoms with Gasteiger partial charge in [0, 0.05) is 50.9 Å². The van der Waals surface area contributed by atoms with E-state index < -0.39 is 0 Å². The molecule has 0 atom stereocenters. The molecular formula is C28H35N5O4S. The summed E-state index contributed by atoms with van der Waals surface area (Å²) in [6, 6.07) is 9.05. The lowest BCUT2D eigenvalue weighted by Gasteiger charge is -2.29. The first kappa shape index (κ1) is 26.5. The van der Waals surface area contributed by atoms with E-state index in [1.165, 1.54) is 17.4 Å². The van der Waals surface area contributed by atoms with Gasteiger partial charge >= 0.3 is 0 Å². The molecule has 0 aliphatic carbocycles. The number of amides is 1. The predicted molar refractivity (Wildman–Crippen MR) is 152 cm³/mol. The smallest absolute Gasteiger partial charge is 0.293 e. The lowest BCUT2D eigenvalue weighted by atomic mass is 10.1. The van der Waals surface area contributed by atoms with Crippen molar-refractivity contribution in [2.75, 3.05) is 62.3 Å². The van der Waals surface area contributed by atoms with E-state index in [2.05, 4.69) is 29.7 Å². The second-order valence-corrected chi connectivity index (χ2v) is 11.1. The molecule has 38 heavy (non-hydrogen) atoms. The number of nitro benzene ring substituents is 1. The highest BCUT2D eigenvalue weighted by Crippen LogP contribution is 2.35. The second-order valence-electron chi connectivity index (χ2n) is 10.1. The minimum atomic E-state index is -0.368. The highest BCUT2D eigenvalue weighted by atomic mass is 32.1. The molecule has 3 aromatic rings. The third-order valence-corrected chi connectivity index (χ3v) is 8.67. The highest BCUT2D eigenvalue weighted by molar-refractivity contribution is 7.22. The summed E-state index contributed by atoms with van der Waals surface area (Å²) in [6.45, 7) is 10.3. The Hall–Kier alpha value is -3.08. The zero-order valence-electron chi connectivity index (χ0n) is 22.1. The molecule has 202 valence electrons. The SMILES string of the molecule is Cc1ccc2sc(N(CCCN3CCOCC3)C(=O)c3ccc(N4CCCCC4)c([N+](=O)[O-])c3)nc2c1C. The first-order chi connectivity index (χ1) is 18.4. The summed E-state index contributed by atoms with van der Waals surface area (Å²) in [5.74, 6) is -0.256. The molecule has 2 saturated heterocycles. The van der Waals surface area contributed by atoms with Crippen molar-refractivity contribution in [1.82, 2.24) is 9.88 Å². The van der Waals surface area contributed by atoms with Gasteiger partial charge in [-0.3, -0.25) is 24.7 Å². The van der Waals surface area contributed by atoms with Gasteiger partial charge in [-0.15, -0.1) is 0 Å². The zero-order chi connectivity index (χ0) is 26.6. The largest absolute Gasteiger partial charge is 0.379 e. The number of morpholine rings is 1. The fourth-order valence-corrected chi connectivity index (χ4v) is 6.30. The van der Waals surface area contributed by atoms with Crippen LogP contribution in [-0.2, 0) is 4.74 Å². The van der Waals surface area contributed by atoms with Gasteiger partial charge in [-0.25, -0.2) is 4.98 Å². The van der Waals surface area contributed by atoms with Crippen molar-refractivity contribution in [3.63, 3.8) is 0 Å². The molecule has 9 nitrogen and oxygen atoms in total. The Kier molecular flexibility index (Phi) is 8.21. The number of thiazole rings is 1. The van der Waals surface area contributed by atoms with Crippen LogP contribution < -0.4 is 9.80 Å². The molecule has 2 fully saturated rings. The molecule has 0 spiro atoms. The van der Waals surface area contributed by atoms with Gasteiger partial charge < -0.3 is 9.64 Å². The number of aryl methyl sites for hydroxylation is 2. The minimum absolute atomic E-state index is 0.0122. The standard InChI is InChI=1S/C28H35N5O4S/c1-20-7-10-25-26(21(20)2)29-28(38-25)32(14-6-11-30-15-17-37-18-16-30)27(34)22-8-9-23(24(19-22)33(35)36)31-12-4-3-5-13-31/h7-10,19H,3-6,11-18H2,1-2H3. The van der Waals surface area contributed by atoms with Crippen LogP contribution in [0.2, 0.25) is 0 Å². The van der Waals surface area contributed by atoms with Crippen LogP contribution in [0.5, 0.6) is 0 Å². The molecule has 0 bridgehead atoms. The predicted octanol–water partition coefficient (Wildman–Crippen LogP) is 5.18. The van der Waals surface area contributed by atoms with Crippen molar-refractivity contribution in [2.24, 2.45) is 0 Å². The summed E-state index contributed by atoms with van der Waals surface area (Å²) in [5.41, 5.74) is 4.06. The van der Waals surface area contributed by atoms with Crippen LogP contribution in [0.4, 0.5) is 16.5 Å². The molecule has 0 saturated carbocycles. The van der Waals surface area contributed by atoms with Crippen LogP contribution >= 0.6 is 11.3 Å². The number of benzene rings is 2. The van der Waals surface area contributed by atoms with E-state index in [4.69, 9.17) is 9.72 Å². The zero-order valence-corrected chi connectivity index (χ0v) is 23.0. The van der Waals surface area contributed by atoms with Gasteiger partial charge in [0.25, 0.3) is 11.6 Å². The number of anilines is 2. The summed E-state index contributed by atoms with van der Waals surface area (Å²) in [5, 5.41) is 12.7. The number of hydrogen-bond acceptors (Lipinski definition) is 8. The molecule has 2 aromatic carbocycles. The molecule has 0 radical (unpaired) electrons. The van der Waals surface area contributed by atoms with E-state index >= 15 is 0 Å². The molecule has 1 amide bonds. The molecule has 10 heteroatoms. The Bertz CT molecular complexity index is 1310. The van der Waals surface area contributed by atoms with Crippen molar-refractivity contribution < 1.29 is 14.5 Å². The van der Waals surface area contributed by atoms with Gasteiger partial charge in [0.05, 0.1) is 28.4 Å². The number of carbonyl (C=O) groups is 1. The minimum Gasteiger partial charge on any atom is -0.379 e. The van der Waals surface area contributed by atoms with Gasteiger partial charge in [-0.1, -0.05) is 17.4 Å². The van der Waals surface area contributed by atoms with Crippen molar-refractivity contribution in [3.05, 3.63) is 57.1 Å². The van der Waals surface area contributed by atoms with Crippen LogP contribution in [0, 0.1) is 24.0 Å². The molecule has 0 N–H and O–H groups in total. The van der Waals surface area contributed by atoms with Gasteiger partial charge in [-0.2, -0.15) is 0 Å². The van der Waals surface area contributed by atoms with Crippen LogP contribution in [0.3, 0.4) is 0 Å². The molecule has 2 aliphatic rings. The lowest BCUT2D eigenvalue weighted by molar-refractivity contribution is -0.384. The van der Waals surface area contributed by atoms with Gasteiger partial charge in [-0.05, 0) is 68.9 Å². The van der Waals surface area contributed by atoms with Crippen LogP contribution in [-0.4, -0.2) is 73.2 Å². The average Bonchev–Trinajstić information content (AvgIpc) is 3.38. The summed E-state index contributed by atoms with van der Waals surface area (Å²) in [7, 11) is 0. The van der Waals surface area contributed by atoms with Crippen LogP contribution in [0.25, 0.3) is 10.2 Å². The number of fused-ring (bicyclic) bond motifs is 1. The fraction of sp³-hybridized carbons (Fsp3) is 0.500. The van der Waals surface area contributed by atoms with E-state index in [0.717, 1.165) is 93.0 Å². The second kappa shape index (κ2) is 11.8. The van der Waals surface area contributed by atoms with E-state index in [0.29, 0.717) is 22.9 Å². The fourth-order valence-electron chi connectivity index (χ4n) is 5.25. The average molecular weight is 538 g/mol. The van der Waals surface area contributed by atoms with E-state index in [-0.39, 0.29) is 16.5 Å². The number of aromatic nitrogens is 1. The first-order valence-electron chi connectivity index (χ1n) is 13.4. The number of nitrogens with zero attached hydrogens (tertiary/aromatic N) is 5. The third-order valence-electron chi connectivity index (χ3n) is 7.63. The highest BCUT2D eigenvalue weighted by Gasteiger charge is 2.27. The van der Waals surface area contributed by atoms with Crippen molar-refractivity contribution in [2.45, 2.75) is 39.5 Å². The van der Waals surface area contributed by atoms with Crippen molar-refractivity contribution in [3.8, 4) is 0 Å². The topological polar surface area (TPSA) is 92.0 Å². The molecule has 1 aromatic heterocycles. The van der Waals surface area contributed by atoms with E-state index in [9.17, 15) is 14.9 Å². The van der Waals surface area contributed by atoms with Crippen molar-refractivity contribution >= 4 is 44.0 Å². The molecule has 2 aliphatic heterocycles. The number of carbonyl (C=O) groups excluding carboxylic acids is 1. The van der Waals surface area contributed by atoms with Gasteiger partial charge in [0.1, 0.15) is 5.69 Å². The third kappa shape index (κ3) is 5.67. The number of piperidine rings is 1. The van der Waals surface area contributed by atoms with Crippen LogP contribution in [0.15, 0.2) is 30.3 Å². The Morgan fingerprint density at radius 1 is 1.11 bits per heavy atom. The number of nitro groups is 1. The number of ether oxygens (including phenoxy) is 1. The molecule has 5 rings (SSSR count). The Morgan fingerprint density at radius 2 is 1.87 bits per heavy atom. The quantitative estimate of drug-likeness (QED) is 0.289. The Morgan fingerprint density at radius 3 is 2.61 bits per heavy atom. The molecule has 0 unspecified atom stereocenters. The summed E-state index contributed by atoms with van der Waals surface area (Å²) in [6.07, 6.45) is 3.95. The number of hydrogen-bond donors (Lipinski definition) is 0. The monoisotopic (exact) mass is 537 g/mol. The molecular weight excluding hydrogens is 502 g/mol. The van der Waals surface area contributed by atoms with Gasteiger partial charge in [0.15, 0.2) is 5.13 Å². The maximum Gasteiger partial charge on any atom is 0.293 e. The molecule has 3 heterocycles. The lowest BCUT2D eigenvalue weighted by Crippen LogP contribution is -2.39. The van der Waals surface area contributed by atoms with E-state index in [1.807, 2.05) is 6.07 Å². The van der Waals surface area contributed by atoms with Gasteiger partial charge in [0.2, 0.25) is 0 Å². The first-order valence-corrected chi connectivity index (χ1v) is 14.3. The summed E-state index contributed by atoms with van der Waals surface area (Å²) < 4.78 is 6.49. The normalized spacial score (nSPS) is 16.6. The number of rotatable bonds is 8. The van der Waals surface area contributed by atoms with E-state index in [1.54, 1.807) is 17.0 Å². The maximum atomic E-state index is 13.9. The summed E-state index contributed by atoms with van der Waals surface area (Å²) >= 11 is 1.49. The Labute approximate surface area is 227 Å². The summed E-state index contributed by atoms with van der Waals surface area (Å²) in [4.78, 5) is 36.6. The maximum absolute atomic E-state index is 13.9.